The molecular formula is C17H24FNO. The highest BCUT2D eigenvalue weighted by atomic mass is 19.1. The molecule has 0 spiro atoms. The second-order valence-electron chi connectivity index (χ2n) is 6.28. The predicted octanol–water partition coefficient (Wildman–Crippen LogP) is 4.35. The maximum Gasteiger partial charge on any atom is 0.161 e. The average molecular weight is 277 g/mol. The van der Waals surface area contributed by atoms with Crippen LogP contribution in [0.2, 0.25) is 0 Å². The molecule has 0 radical (unpaired) electrons. The summed E-state index contributed by atoms with van der Waals surface area (Å²) in [4.78, 5) is 14.1. The molecule has 0 aliphatic heterocycles. The zero-order valence-electron chi connectivity index (χ0n) is 12.9. The minimum atomic E-state index is -0.293. The Morgan fingerprint density at radius 1 is 1.40 bits per heavy atom. The van der Waals surface area contributed by atoms with Crippen molar-refractivity contribution in [2.45, 2.75) is 53.0 Å². The van der Waals surface area contributed by atoms with Gasteiger partial charge in [0.05, 0.1) is 0 Å². The topological polar surface area (TPSA) is 20.3 Å². The zero-order valence-corrected chi connectivity index (χ0v) is 12.9. The molecule has 1 aromatic carbocycles. The molecule has 0 N–H and O–H groups in total. The van der Waals surface area contributed by atoms with Gasteiger partial charge >= 0.3 is 0 Å². The number of hydrogen-bond donors (Lipinski definition) is 0. The highest BCUT2D eigenvalue weighted by Gasteiger charge is 2.31. The van der Waals surface area contributed by atoms with Crippen LogP contribution in [0.25, 0.3) is 0 Å². The van der Waals surface area contributed by atoms with Gasteiger partial charge in [-0.1, -0.05) is 13.8 Å². The Labute approximate surface area is 121 Å². The fourth-order valence-electron chi connectivity index (χ4n) is 2.47. The summed E-state index contributed by atoms with van der Waals surface area (Å²) < 4.78 is 13.7. The maximum atomic E-state index is 13.7. The first-order valence-corrected chi connectivity index (χ1v) is 7.48. The van der Waals surface area contributed by atoms with E-state index in [0.29, 0.717) is 23.1 Å². The highest BCUT2D eigenvalue weighted by molar-refractivity contribution is 6.00. The van der Waals surface area contributed by atoms with Crippen molar-refractivity contribution in [2.75, 3.05) is 11.4 Å². The Hall–Kier alpha value is -1.38. The molecule has 20 heavy (non-hydrogen) atoms. The molecule has 2 nitrogen and oxygen atoms in total. The van der Waals surface area contributed by atoms with Crippen molar-refractivity contribution in [1.82, 2.24) is 0 Å². The second-order valence-corrected chi connectivity index (χ2v) is 6.28. The van der Waals surface area contributed by atoms with Gasteiger partial charge < -0.3 is 4.90 Å². The summed E-state index contributed by atoms with van der Waals surface area (Å²) in [5, 5.41) is 0. The molecule has 1 aromatic rings. The fraction of sp³-hybridized carbons (Fsp3) is 0.588. The van der Waals surface area contributed by atoms with Crippen LogP contribution in [-0.4, -0.2) is 18.4 Å². The fourth-order valence-corrected chi connectivity index (χ4v) is 2.47. The van der Waals surface area contributed by atoms with E-state index in [0.717, 1.165) is 18.7 Å². The minimum Gasteiger partial charge on any atom is -0.368 e. The lowest BCUT2D eigenvalue weighted by Gasteiger charge is -2.28. The van der Waals surface area contributed by atoms with E-state index in [1.54, 1.807) is 6.92 Å². The molecule has 0 atom stereocenters. The summed E-state index contributed by atoms with van der Waals surface area (Å²) in [6, 6.07) is 3.76. The molecule has 0 heterocycles. The van der Waals surface area contributed by atoms with E-state index in [-0.39, 0.29) is 11.6 Å². The van der Waals surface area contributed by atoms with Gasteiger partial charge in [-0.05, 0) is 56.7 Å². The van der Waals surface area contributed by atoms with E-state index in [2.05, 4.69) is 18.7 Å². The number of benzene rings is 1. The maximum absolute atomic E-state index is 13.7. The molecule has 1 aliphatic rings. The third-order valence-corrected chi connectivity index (χ3v) is 3.90. The average Bonchev–Trinajstić information content (AvgIpc) is 3.17. The van der Waals surface area contributed by atoms with Crippen LogP contribution in [0.5, 0.6) is 0 Å². The number of halogens is 1. The van der Waals surface area contributed by atoms with E-state index >= 15 is 0 Å². The Balaban J connectivity index is 2.36. The van der Waals surface area contributed by atoms with Crippen LogP contribution in [0, 0.1) is 18.7 Å². The molecule has 0 saturated heterocycles. The molecule has 0 unspecified atom stereocenters. The molecule has 1 fully saturated rings. The summed E-state index contributed by atoms with van der Waals surface area (Å²) >= 11 is 0. The van der Waals surface area contributed by atoms with Gasteiger partial charge in [0.15, 0.2) is 5.78 Å². The van der Waals surface area contributed by atoms with E-state index in [1.807, 2.05) is 6.07 Å². The van der Waals surface area contributed by atoms with E-state index in [9.17, 15) is 9.18 Å². The molecule has 0 amide bonds. The van der Waals surface area contributed by atoms with Crippen LogP contribution in [0.15, 0.2) is 12.1 Å². The normalized spacial score (nSPS) is 14.7. The third-order valence-electron chi connectivity index (χ3n) is 3.90. The smallest absolute Gasteiger partial charge is 0.161 e. The van der Waals surface area contributed by atoms with Crippen molar-refractivity contribution in [2.24, 2.45) is 5.92 Å². The van der Waals surface area contributed by atoms with Crippen molar-refractivity contribution < 1.29 is 9.18 Å². The van der Waals surface area contributed by atoms with Crippen LogP contribution in [0.1, 0.15) is 56.0 Å². The van der Waals surface area contributed by atoms with Crippen molar-refractivity contribution in [1.29, 1.82) is 0 Å². The number of aryl methyl sites for hydroxylation is 1. The number of hydrogen-bond acceptors (Lipinski definition) is 2. The van der Waals surface area contributed by atoms with Crippen LogP contribution < -0.4 is 4.90 Å². The Morgan fingerprint density at radius 2 is 2.05 bits per heavy atom. The minimum absolute atomic E-state index is 0.0610. The van der Waals surface area contributed by atoms with Gasteiger partial charge in [-0.2, -0.15) is 0 Å². The molecule has 110 valence electrons. The predicted molar refractivity (Wildman–Crippen MR) is 81.0 cm³/mol. The number of carbonyl (C=O) groups excluding carboxylic acids is 1. The van der Waals surface area contributed by atoms with E-state index < -0.39 is 0 Å². The molecule has 1 saturated carbocycles. The lowest BCUT2D eigenvalue weighted by Crippen LogP contribution is -2.29. The van der Waals surface area contributed by atoms with Gasteiger partial charge in [-0.3, -0.25) is 4.79 Å². The van der Waals surface area contributed by atoms with E-state index in [4.69, 9.17) is 0 Å². The Morgan fingerprint density at radius 3 is 2.55 bits per heavy atom. The van der Waals surface area contributed by atoms with Crippen LogP contribution >= 0.6 is 0 Å². The number of Topliss-reactive ketones (excluding diaryl/α,β-unsaturated/α-hetero) is 1. The largest absolute Gasteiger partial charge is 0.368 e. The first-order chi connectivity index (χ1) is 9.40. The summed E-state index contributed by atoms with van der Waals surface area (Å²) in [5.41, 5.74) is 2.04. The first kappa shape index (κ1) is 15.0. The Kier molecular flexibility index (Phi) is 4.46. The summed E-state index contributed by atoms with van der Waals surface area (Å²) in [6.07, 6.45) is 3.43. The van der Waals surface area contributed by atoms with Crippen LogP contribution in [0.4, 0.5) is 10.1 Å². The Bertz CT molecular complexity index is 506. The van der Waals surface area contributed by atoms with Crippen molar-refractivity contribution >= 4 is 11.5 Å². The molecule has 1 aliphatic carbocycles. The van der Waals surface area contributed by atoms with Gasteiger partial charge in [0.25, 0.3) is 0 Å². The van der Waals surface area contributed by atoms with Gasteiger partial charge in [0.1, 0.15) is 5.82 Å². The molecular weight excluding hydrogens is 253 g/mol. The quantitative estimate of drug-likeness (QED) is 0.720. The number of nitrogens with zero attached hydrogens (tertiary/aromatic N) is 1. The molecule has 3 heteroatoms. The standard InChI is InChI=1S/C17H24FNO/c1-11(2)7-8-19(14-5-6-14)17-9-12(3)16(18)10-15(17)13(4)20/h9-11,14H,5-8H2,1-4H3. The summed E-state index contributed by atoms with van der Waals surface area (Å²) in [5.74, 6) is 0.270. The number of ketones is 1. The van der Waals surface area contributed by atoms with Crippen LogP contribution in [0.3, 0.4) is 0 Å². The lowest BCUT2D eigenvalue weighted by molar-refractivity contribution is 0.101. The highest BCUT2D eigenvalue weighted by Crippen LogP contribution is 2.35. The van der Waals surface area contributed by atoms with Gasteiger partial charge in [-0.15, -0.1) is 0 Å². The number of carbonyl (C=O) groups is 1. The van der Waals surface area contributed by atoms with Gasteiger partial charge in [0.2, 0.25) is 0 Å². The third kappa shape index (κ3) is 3.38. The van der Waals surface area contributed by atoms with Crippen molar-refractivity contribution in [3.05, 3.63) is 29.1 Å². The van der Waals surface area contributed by atoms with E-state index in [1.165, 1.54) is 25.8 Å². The molecule has 0 bridgehead atoms. The van der Waals surface area contributed by atoms with Gasteiger partial charge in [-0.25, -0.2) is 4.39 Å². The van der Waals surface area contributed by atoms with Gasteiger partial charge in [0, 0.05) is 23.8 Å². The number of rotatable bonds is 6. The molecule has 0 aromatic heterocycles. The second kappa shape index (κ2) is 5.94. The van der Waals surface area contributed by atoms with Crippen LogP contribution in [-0.2, 0) is 0 Å². The van der Waals surface area contributed by atoms with Crippen molar-refractivity contribution in [3.8, 4) is 0 Å². The SMILES string of the molecule is CC(=O)c1cc(F)c(C)cc1N(CCC(C)C)C1CC1. The monoisotopic (exact) mass is 277 g/mol. The van der Waals surface area contributed by atoms with Crippen molar-refractivity contribution in [3.63, 3.8) is 0 Å². The lowest BCUT2D eigenvalue weighted by atomic mass is 10.0. The first-order valence-electron chi connectivity index (χ1n) is 7.48. The zero-order chi connectivity index (χ0) is 14.9. The summed E-state index contributed by atoms with van der Waals surface area (Å²) in [6.45, 7) is 8.62. The summed E-state index contributed by atoms with van der Waals surface area (Å²) in [7, 11) is 0. The molecule has 2 rings (SSSR count). The number of anilines is 1.